The van der Waals surface area contributed by atoms with Crippen molar-refractivity contribution in [3.63, 3.8) is 0 Å². The van der Waals surface area contributed by atoms with Crippen molar-refractivity contribution >= 4 is 5.78 Å². The molecule has 0 heterocycles. The van der Waals surface area contributed by atoms with Gasteiger partial charge in [0.2, 0.25) is 0 Å². The van der Waals surface area contributed by atoms with Crippen LogP contribution in [0.2, 0.25) is 0 Å². The van der Waals surface area contributed by atoms with Crippen LogP contribution in [0.5, 0.6) is 0 Å². The molecular weight excluding hydrogens is 112 g/mol. The van der Waals surface area contributed by atoms with E-state index in [9.17, 15) is 4.79 Å². The minimum atomic E-state index is 0. The van der Waals surface area contributed by atoms with Crippen LogP contribution in [-0.4, -0.2) is 5.78 Å². The van der Waals surface area contributed by atoms with Crippen LogP contribution in [0.4, 0.5) is 0 Å². The molecule has 0 spiro atoms. The summed E-state index contributed by atoms with van der Waals surface area (Å²) in [7, 11) is 0. The number of allylic oxidation sites excluding steroid dienone is 6. The van der Waals surface area contributed by atoms with Gasteiger partial charge in [-0.1, -0.05) is 18.2 Å². The van der Waals surface area contributed by atoms with Gasteiger partial charge < -0.3 is 0 Å². The Balaban J connectivity index is 0.000000500. The van der Waals surface area contributed by atoms with Gasteiger partial charge in [-0.2, -0.15) is 0 Å². The topological polar surface area (TPSA) is 17.1 Å². The highest BCUT2D eigenvalue weighted by Crippen LogP contribution is 2.27. The Morgan fingerprint density at radius 1 is 1.56 bits per heavy atom. The van der Waals surface area contributed by atoms with E-state index in [1.54, 1.807) is 6.08 Å². The number of fused-ring (bicyclic) bond motifs is 1. The van der Waals surface area contributed by atoms with Gasteiger partial charge in [-0.15, -0.1) is 0 Å². The Bertz CT molecular complexity index is 258. The Morgan fingerprint density at radius 3 is 3.22 bits per heavy atom. The fourth-order valence-corrected chi connectivity index (χ4v) is 1.19. The van der Waals surface area contributed by atoms with Gasteiger partial charge in [-0.05, 0) is 17.2 Å². The Morgan fingerprint density at radius 2 is 2.44 bits per heavy atom. The maximum absolute atomic E-state index is 10.7. The van der Waals surface area contributed by atoms with Gasteiger partial charge in [0, 0.05) is 6.42 Å². The van der Waals surface area contributed by atoms with E-state index in [0.717, 1.165) is 5.57 Å². The van der Waals surface area contributed by atoms with Gasteiger partial charge in [0.25, 0.3) is 0 Å². The maximum atomic E-state index is 10.7. The lowest BCUT2D eigenvalue weighted by atomic mass is 10.2. The predicted octanol–water partition coefficient (Wildman–Crippen LogP) is 1.49. The van der Waals surface area contributed by atoms with Crippen LogP contribution in [0.25, 0.3) is 0 Å². The van der Waals surface area contributed by atoms with E-state index in [2.05, 4.69) is 0 Å². The number of ketones is 1. The van der Waals surface area contributed by atoms with Crippen LogP contribution in [0.3, 0.4) is 0 Å². The summed E-state index contributed by atoms with van der Waals surface area (Å²) in [5.74, 6) is 0.237. The molecule has 1 heteroatoms. The summed E-state index contributed by atoms with van der Waals surface area (Å²) in [4.78, 5) is 10.7. The van der Waals surface area contributed by atoms with Crippen molar-refractivity contribution in [2.24, 2.45) is 0 Å². The first-order valence-corrected chi connectivity index (χ1v) is 2.98. The minimum Gasteiger partial charge on any atom is -0.294 e. The quantitative estimate of drug-likeness (QED) is 0.472. The van der Waals surface area contributed by atoms with E-state index in [1.165, 1.54) is 5.57 Å². The summed E-state index contributed by atoms with van der Waals surface area (Å²) < 4.78 is 0. The molecule has 0 amide bonds. The zero-order chi connectivity index (χ0) is 6.27. The fraction of sp³-hybridized carbons (Fsp3) is 0.125. The standard InChI is InChI=1S/C8H6O/c9-8-4-6-2-1-3-7(6)5-8/h1-4H,5H2/p+1. The van der Waals surface area contributed by atoms with Crippen LogP contribution in [-0.2, 0) is 4.79 Å². The monoisotopic (exact) mass is 119 g/mol. The first kappa shape index (κ1) is 4.74. The van der Waals surface area contributed by atoms with Gasteiger partial charge in [0.05, 0.1) is 0 Å². The number of hydrogen-bond acceptors (Lipinski definition) is 1. The Labute approximate surface area is 54.9 Å². The van der Waals surface area contributed by atoms with Crippen molar-refractivity contribution in [2.75, 3.05) is 0 Å². The summed E-state index contributed by atoms with van der Waals surface area (Å²) in [6.45, 7) is 0. The number of rotatable bonds is 0. The predicted molar refractivity (Wildman–Crippen MR) is 36.0 cm³/mol. The SMILES string of the molecule is O=C1C=C2C=CC=C2C1.[H+]. The van der Waals surface area contributed by atoms with Gasteiger partial charge in [-0.25, -0.2) is 0 Å². The molecule has 0 fully saturated rings. The average Bonchev–Trinajstić information content (AvgIpc) is 2.22. The van der Waals surface area contributed by atoms with Crippen molar-refractivity contribution in [1.82, 2.24) is 0 Å². The molecule has 0 aromatic carbocycles. The van der Waals surface area contributed by atoms with E-state index in [1.807, 2.05) is 18.2 Å². The molecule has 0 bridgehead atoms. The molecule has 2 aliphatic carbocycles. The second-order valence-electron chi connectivity index (χ2n) is 2.29. The summed E-state index contributed by atoms with van der Waals surface area (Å²) in [6, 6.07) is 0. The average molecular weight is 119 g/mol. The Kier molecular flexibility index (Phi) is 0.758. The number of carbonyl (C=O) groups is 1. The normalized spacial score (nSPS) is 22.0. The maximum Gasteiger partial charge on any atom is 1.00 e. The molecule has 1 nitrogen and oxygen atoms in total. The molecule has 9 heavy (non-hydrogen) atoms. The van der Waals surface area contributed by atoms with Gasteiger partial charge in [-0.3, -0.25) is 4.79 Å². The second kappa shape index (κ2) is 1.44. The highest BCUT2D eigenvalue weighted by atomic mass is 16.1. The summed E-state index contributed by atoms with van der Waals surface area (Å²) >= 11 is 0. The van der Waals surface area contributed by atoms with E-state index in [-0.39, 0.29) is 7.21 Å². The molecule has 0 unspecified atom stereocenters. The first-order chi connectivity index (χ1) is 4.36. The minimum absolute atomic E-state index is 0. The third-order valence-electron chi connectivity index (χ3n) is 1.63. The zero-order valence-corrected chi connectivity index (χ0v) is 4.92. The van der Waals surface area contributed by atoms with E-state index in [0.29, 0.717) is 6.42 Å². The third kappa shape index (κ3) is 0.578. The van der Waals surface area contributed by atoms with Crippen LogP contribution in [0.15, 0.2) is 35.5 Å². The van der Waals surface area contributed by atoms with Crippen LogP contribution >= 0.6 is 0 Å². The molecular formula is C8H7O+. The van der Waals surface area contributed by atoms with Crippen molar-refractivity contribution in [2.45, 2.75) is 6.42 Å². The lowest BCUT2D eigenvalue weighted by molar-refractivity contribution is -0.113. The van der Waals surface area contributed by atoms with Crippen molar-refractivity contribution in [3.8, 4) is 0 Å². The molecule has 0 aliphatic heterocycles. The second-order valence-corrected chi connectivity index (χ2v) is 2.29. The smallest absolute Gasteiger partial charge is 0.294 e. The number of hydrogen-bond donors (Lipinski definition) is 0. The summed E-state index contributed by atoms with van der Waals surface area (Å²) in [5, 5.41) is 0. The Hall–Kier alpha value is -1.11. The highest BCUT2D eigenvalue weighted by molar-refractivity contribution is 5.98. The number of carbonyl (C=O) groups excluding carboxylic acids is 1. The third-order valence-corrected chi connectivity index (χ3v) is 1.63. The van der Waals surface area contributed by atoms with Crippen LogP contribution < -0.4 is 0 Å². The molecule has 2 aliphatic rings. The van der Waals surface area contributed by atoms with Gasteiger partial charge in [0.1, 0.15) is 0 Å². The lowest BCUT2D eigenvalue weighted by Gasteiger charge is -1.86. The zero-order valence-electron chi connectivity index (χ0n) is 5.92. The molecule has 44 valence electrons. The summed E-state index contributed by atoms with van der Waals surface area (Å²) in [5.41, 5.74) is 2.29. The molecule has 0 saturated heterocycles. The highest BCUT2D eigenvalue weighted by Gasteiger charge is 2.17. The molecule has 0 aromatic rings. The fourth-order valence-electron chi connectivity index (χ4n) is 1.19. The van der Waals surface area contributed by atoms with Crippen LogP contribution in [0, 0.1) is 0 Å². The first-order valence-electron chi connectivity index (χ1n) is 2.98. The molecule has 0 radical (unpaired) electrons. The van der Waals surface area contributed by atoms with Crippen molar-refractivity contribution < 1.29 is 6.22 Å². The van der Waals surface area contributed by atoms with Gasteiger partial charge >= 0.3 is 1.43 Å². The summed E-state index contributed by atoms with van der Waals surface area (Å²) in [6.07, 6.45) is 8.27. The molecule has 0 saturated carbocycles. The van der Waals surface area contributed by atoms with Gasteiger partial charge in [0.15, 0.2) is 5.78 Å². The van der Waals surface area contributed by atoms with E-state index < -0.39 is 0 Å². The molecule has 0 atom stereocenters. The van der Waals surface area contributed by atoms with E-state index >= 15 is 0 Å². The van der Waals surface area contributed by atoms with Crippen LogP contribution in [0.1, 0.15) is 7.85 Å². The van der Waals surface area contributed by atoms with E-state index in [4.69, 9.17) is 0 Å². The molecule has 2 rings (SSSR count). The van der Waals surface area contributed by atoms with Crippen molar-refractivity contribution in [3.05, 3.63) is 35.5 Å². The molecule has 0 aromatic heterocycles. The van der Waals surface area contributed by atoms with Crippen molar-refractivity contribution in [1.29, 1.82) is 0 Å². The molecule has 0 N–H and O–H groups in total. The lowest BCUT2D eigenvalue weighted by Crippen LogP contribution is -1.83. The largest absolute Gasteiger partial charge is 1.00 e.